The van der Waals surface area contributed by atoms with Crippen LogP contribution in [-0.4, -0.2) is 20.8 Å². The van der Waals surface area contributed by atoms with Crippen molar-refractivity contribution in [2.45, 2.75) is 51.6 Å². The van der Waals surface area contributed by atoms with Gasteiger partial charge >= 0.3 is 0 Å². The zero-order valence-electron chi connectivity index (χ0n) is 10.3. The van der Waals surface area contributed by atoms with Crippen molar-refractivity contribution in [2.75, 3.05) is 0 Å². The first kappa shape index (κ1) is 11.6. The second-order valence-corrected chi connectivity index (χ2v) is 4.93. The van der Waals surface area contributed by atoms with Crippen molar-refractivity contribution in [3.63, 3.8) is 0 Å². The van der Waals surface area contributed by atoms with Gasteiger partial charge in [0.1, 0.15) is 12.2 Å². The number of hydrogen-bond donors (Lipinski definition) is 1. The van der Waals surface area contributed by atoms with Gasteiger partial charge in [-0.3, -0.25) is 0 Å². The maximum absolute atomic E-state index is 4.08. The number of aromatic nitrogens is 3. The highest BCUT2D eigenvalue weighted by molar-refractivity contribution is 4.85. The third kappa shape index (κ3) is 2.82. The van der Waals surface area contributed by atoms with Crippen molar-refractivity contribution in [3.8, 4) is 0 Å². The molecule has 4 nitrogen and oxygen atoms in total. The van der Waals surface area contributed by atoms with Gasteiger partial charge in [-0.05, 0) is 25.7 Å². The molecule has 0 amide bonds. The van der Waals surface area contributed by atoms with Crippen LogP contribution in [0.3, 0.4) is 0 Å². The van der Waals surface area contributed by atoms with Crippen molar-refractivity contribution in [3.05, 3.63) is 12.2 Å². The molecule has 0 spiro atoms. The first-order valence-electron chi connectivity index (χ1n) is 6.33. The van der Waals surface area contributed by atoms with E-state index < -0.39 is 0 Å². The molecule has 1 aliphatic carbocycles. The lowest BCUT2D eigenvalue weighted by molar-refractivity contribution is 0.279. The van der Waals surface area contributed by atoms with Gasteiger partial charge in [-0.1, -0.05) is 19.3 Å². The summed E-state index contributed by atoms with van der Waals surface area (Å²) in [5, 5.41) is 11.5. The van der Waals surface area contributed by atoms with Crippen LogP contribution in [0, 0.1) is 5.92 Å². The van der Waals surface area contributed by atoms with Crippen molar-refractivity contribution in [1.82, 2.24) is 20.1 Å². The second-order valence-electron chi connectivity index (χ2n) is 4.93. The van der Waals surface area contributed by atoms with Gasteiger partial charge in [0.2, 0.25) is 0 Å². The smallest absolute Gasteiger partial charge is 0.146 e. The average Bonchev–Trinajstić information content (AvgIpc) is 2.73. The second kappa shape index (κ2) is 5.43. The molecule has 1 fully saturated rings. The zero-order chi connectivity index (χ0) is 11.4. The Bertz CT molecular complexity index is 315. The number of hydrogen-bond acceptors (Lipinski definition) is 3. The summed E-state index contributed by atoms with van der Waals surface area (Å²) >= 11 is 0. The average molecular weight is 222 g/mol. The summed E-state index contributed by atoms with van der Waals surface area (Å²) in [6.45, 7) is 3.13. The van der Waals surface area contributed by atoms with Crippen LogP contribution in [0.2, 0.25) is 0 Å². The lowest BCUT2D eigenvalue weighted by Crippen LogP contribution is -2.34. The first-order valence-corrected chi connectivity index (χ1v) is 6.33. The number of nitrogens with zero attached hydrogens (tertiary/aromatic N) is 3. The highest BCUT2D eigenvalue weighted by atomic mass is 15.3. The van der Waals surface area contributed by atoms with Crippen LogP contribution < -0.4 is 5.32 Å². The Morgan fingerprint density at radius 1 is 1.44 bits per heavy atom. The molecule has 4 heteroatoms. The molecule has 1 aromatic heterocycles. The molecule has 0 aliphatic heterocycles. The van der Waals surface area contributed by atoms with Crippen molar-refractivity contribution >= 4 is 0 Å². The molecular weight excluding hydrogens is 200 g/mol. The fraction of sp³-hybridized carbons (Fsp3) is 0.833. The van der Waals surface area contributed by atoms with E-state index in [4.69, 9.17) is 0 Å². The molecule has 0 bridgehead atoms. The fourth-order valence-corrected chi connectivity index (χ4v) is 2.52. The molecule has 0 unspecified atom stereocenters. The van der Waals surface area contributed by atoms with E-state index in [1.807, 2.05) is 11.6 Å². The number of rotatable bonds is 4. The molecule has 16 heavy (non-hydrogen) atoms. The molecule has 1 aliphatic rings. The molecule has 90 valence electrons. The lowest BCUT2D eigenvalue weighted by Gasteiger charge is -2.28. The summed E-state index contributed by atoms with van der Waals surface area (Å²) < 4.78 is 1.97. The van der Waals surface area contributed by atoms with Gasteiger partial charge in [0.15, 0.2) is 0 Å². The number of nitrogens with one attached hydrogen (secondary N) is 1. The molecule has 1 heterocycles. The van der Waals surface area contributed by atoms with E-state index in [1.54, 1.807) is 6.33 Å². The summed E-state index contributed by atoms with van der Waals surface area (Å²) in [6.07, 6.45) is 8.75. The molecule has 1 saturated carbocycles. The van der Waals surface area contributed by atoms with Gasteiger partial charge in [0.25, 0.3) is 0 Å². The van der Waals surface area contributed by atoms with Crippen LogP contribution in [0.5, 0.6) is 0 Å². The highest BCUT2D eigenvalue weighted by Crippen LogP contribution is 2.26. The van der Waals surface area contributed by atoms with Crippen LogP contribution in [-0.2, 0) is 13.6 Å². The quantitative estimate of drug-likeness (QED) is 0.845. The van der Waals surface area contributed by atoms with Gasteiger partial charge in [0, 0.05) is 13.1 Å². The molecule has 2 rings (SSSR count). The Morgan fingerprint density at radius 3 is 2.81 bits per heavy atom. The zero-order valence-corrected chi connectivity index (χ0v) is 10.3. The number of aryl methyl sites for hydroxylation is 1. The maximum Gasteiger partial charge on any atom is 0.146 e. The third-order valence-corrected chi connectivity index (χ3v) is 3.74. The van der Waals surface area contributed by atoms with E-state index >= 15 is 0 Å². The summed E-state index contributed by atoms with van der Waals surface area (Å²) in [7, 11) is 1.99. The van der Waals surface area contributed by atoms with Gasteiger partial charge in [0.05, 0.1) is 6.54 Å². The van der Waals surface area contributed by atoms with E-state index in [1.165, 1.54) is 32.1 Å². The van der Waals surface area contributed by atoms with Crippen LogP contribution in [0.4, 0.5) is 0 Å². The molecular formula is C12H22N4. The largest absolute Gasteiger partial charge is 0.320 e. The molecule has 1 aromatic rings. The standard InChI is InChI=1S/C12H22N4/c1-10(11-6-4-3-5-7-11)13-8-12-15-14-9-16(12)2/h9-11,13H,3-8H2,1-2H3/t10-/m1/s1. The predicted octanol–water partition coefficient (Wildman–Crippen LogP) is 1.87. The molecule has 0 aromatic carbocycles. The minimum absolute atomic E-state index is 0.594. The SMILES string of the molecule is C[C@@H](NCc1nncn1C)C1CCCCC1. The van der Waals surface area contributed by atoms with Crippen LogP contribution >= 0.6 is 0 Å². The Labute approximate surface area is 97.5 Å². The monoisotopic (exact) mass is 222 g/mol. The van der Waals surface area contributed by atoms with Gasteiger partial charge in [-0.25, -0.2) is 0 Å². The molecule has 1 atom stereocenters. The maximum atomic E-state index is 4.08. The lowest BCUT2D eigenvalue weighted by atomic mass is 9.84. The highest BCUT2D eigenvalue weighted by Gasteiger charge is 2.19. The van der Waals surface area contributed by atoms with E-state index in [-0.39, 0.29) is 0 Å². The minimum atomic E-state index is 0.594. The third-order valence-electron chi connectivity index (χ3n) is 3.74. The summed E-state index contributed by atoms with van der Waals surface area (Å²) in [4.78, 5) is 0. The molecule has 0 saturated heterocycles. The van der Waals surface area contributed by atoms with Gasteiger partial charge in [-0.2, -0.15) is 0 Å². The Kier molecular flexibility index (Phi) is 3.93. The molecule has 1 N–H and O–H groups in total. The van der Waals surface area contributed by atoms with Crippen LogP contribution in [0.15, 0.2) is 6.33 Å². The summed E-state index contributed by atoms with van der Waals surface area (Å²) in [5.74, 6) is 1.87. The van der Waals surface area contributed by atoms with Crippen molar-refractivity contribution in [2.24, 2.45) is 13.0 Å². The Hall–Kier alpha value is -0.900. The van der Waals surface area contributed by atoms with E-state index in [0.29, 0.717) is 6.04 Å². The van der Waals surface area contributed by atoms with Gasteiger partial charge < -0.3 is 9.88 Å². The predicted molar refractivity (Wildman–Crippen MR) is 63.9 cm³/mol. The Balaban J connectivity index is 1.78. The minimum Gasteiger partial charge on any atom is -0.320 e. The van der Waals surface area contributed by atoms with E-state index in [9.17, 15) is 0 Å². The topological polar surface area (TPSA) is 42.7 Å². The normalized spacial score (nSPS) is 19.9. The van der Waals surface area contributed by atoms with Crippen LogP contribution in [0.25, 0.3) is 0 Å². The Morgan fingerprint density at radius 2 is 2.19 bits per heavy atom. The van der Waals surface area contributed by atoms with Crippen molar-refractivity contribution in [1.29, 1.82) is 0 Å². The van der Waals surface area contributed by atoms with Crippen molar-refractivity contribution < 1.29 is 0 Å². The first-order chi connectivity index (χ1) is 7.77. The van der Waals surface area contributed by atoms with E-state index in [0.717, 1.165) is 18.3 Å². The van der Waals surface area contributed by atoms with Gasteiger partial charge in [-0.15, -0.1) is 10.2 Å². The summed E-state index contributed by atoms with van der Waals surface area (Å²) in [5.41, 5.74) is 0. The van der Waals surface area contributed by atoms with E-state index in [2.05, 4.69) is 22.4 Å². The summed E-state index contributed by atoms with van der Waals surface area (Å²) in [6, 6.07) is 0.594. The van der Waals surface area contributed by atoms with Crippen LogP contribution in [0.1, 0.15) is 44.9 Å². The molecule has 0 radical (unpaired) electrons. The fourth-order valence-electron chi connectivity index (χ4n) is 2.52.